The lowest BCUT2D eigenvalue weighted by molar-refractivity contribution is -0.176. The van der Waals surface area contributed by atoms with Gasteiger partial charge < -0.3 is 10.1 Å². The van der Waals surface area contributed by atoms with E-state index in [-0.39, 0.29) is 28.0 Å². The molecule has 5 aliphatic rings. The van der Waals surface area contributed by atoms with Crippen LogP contribution in [-0.4, -0.2) is 34.4 Å². The maximum atomic E-state index is 13.3. The van der Waals surface area contributed by atoms with Gasteiger partial charge in [-0.05, 0) is 75.5 Å². The summed E-state index contributed by atoms with van der Waals surface area (Å²) in [6.07, 6.45) is 4.23. The van der Waals surface area contributed by atoms with E-state index in [0.29, 0.717) is 40.6 Å². The fourth-order valence-corrected chi connectivity index (χ4v) is 7.84. The molecule has 2 aromatic rings. The summed E-state index contributed by atoms with van der Waals surface area (Å²) in [7, 11) is 0. The number of benzene rings is 2. The van der Waals surface area contributed by atoms with Crippen LogP contribution in [0, 0.1) is 17.3 Å². The highest BCUT2D eigenvalue weighted by Crippen LogP contribution is 2.64. The second-order valence-corrected chi connectivity index (χ2v) is 11.7. The van der Waals surface area contributed by atoms with Crippen molar-refractivity contribution in [2.75, 3.05) is 5.32 Å². The molecule has 4 fully saturated rings. The molecule has 0 saturated heterocycles. The molecular formula is C28H26ClNO5. The molecule has 0 aliphatic heterocycles. The van der Waals surface area contributed by atoms with Gasteiger partial charge in [0.15, 0.2) is 17.7 Å². The van der Waals surface area contributed by atoms with Gasteiger partial charge >= 0.3 is 5.97 Å². The zero-order valence-electron chi connectivity index (χ0n) is 19.4. The predicted octanol–water partition coefficient (Wildman–Crippen LogP) is 4.91. The van der Waals surface area contributed by atoms with Crippen molar-refractivity contribution in [2.45, 2.75) is 56.4 Å². The number of alkyl halides is 1. The van der Waals surface area contributed by atoms with Gasteiger partial charge in [-0.25, -0.2) is 0 Å². The van der Waals surface area contributed by atoms with Gasteiger partial charge in [0.1, 0.15) is 0 Å². The second kappa shape index (κ2) is 7.76. The molecule has 35 heavy (non-hydrogen) atoms. The van der Waals surface area contributed by atoms with Crippen LogP contribution in [0.25, 0.3) is 0 Å². The van der Waals surface area contributed by atoms with E-state index in [0.717, 1.165) is 32.1 Å². The smallest absolute Gasteiger partial charge is 0.312 e. The van der Waals surface area contributed by atoms with Gasteiger partial charge in [0.05, 0.1) is 5.41 Å². The Kier molecular flexibility index (Phi) is 4.98. The molecule has 7 heteroatoms. The predicted molar refractivity (Wildman–Crippen MR) is 130 cm³/mol. The Bertz CT molecular complexity index is 1290. The Morgan fingerprint density at radius 2 is 1.54 bits per heavy atom. The van der Waals surface area contributed by atoms with Crippen molar-refractivity contribution >= 4 is 40.7 Å². The molecule has 5 atom stereocenters. The summed E-state index contributed by atoms with van der Waals surface area (Å²) in [4.78, 5) is 51.6. The van der Waals surface area contributed by atoms with E-state index in [1.54, 1.807) is 43.3 Å². The zero-order chi connectivity index (χ0) is 24.5. The first-order chi connectivity index (χ1) is 16.7. The number of ketones is 2. The Balaban J connectivity index is 1.16. The van der Waals surface area contributed by atoms with Crippen molar-refractivity contribution in [1.29, 1.82) is 0 Å². The molecule has 6 nitrogen and oxygen atoms in total. The van der Waals surface area contributed by atoms with E-state index >= 15 is 0 Å². The number of carbonyl (C=O) groups is 4. The summed E-state index contributed by atoms with van der Waals surface area (Å²) >= 11 is 6.84. The Morgan fingerprint density at radius 3 is 2.17 bits per heavy atom. The van der Waals surface area contributed by atoms with Crippen molar-refractivity contribution < 1.29 is 23.9 Å². The number of rotatable bonds is 4. The van der Waals surface area contributed by atoms with Gasteiger partial charge in [-0.3, -0.25) is 19.2 Å². The molecule has 2 aromatic carbocycles. The van der Waals surface area contributed by atoms with E-state index in [2.05, 4.69) is 5.32 Å². The van der Waals surface area contributed by atoms with Crippen LogP contribution in [0.3, 0.4) is 0 Å². The Labute approximate surface area is 208 Å². The van der Waals surface area contributed by atoms with Gasteiger partial charge in [0.2, 0.25) is 0 Å². The van der Waals surface area contributed by atoms with Crippen molar-refractivity contribution in [2.24, 2.45) is 17.3 Å². The number of hydrogen-bond acceptors (Lipinski definition) is 5. The third-order valence-corrected chi connectivity index (χ3v) is 8.71. The lowest BCUT2D eigenvalue weighted by atomic mass is 9.49. The fourth-order valence-electron chi connectivity index (χ4n) is 7.15. The lowest BCUT2D eigenvalue weighted by Crippen LogP contribution is -2.57. The molecule has 0 aromatic heterocycles. The molecular weight excluding hydrogens is 466 g/mol. The minimum atomic E-state index is -1.00. The highest BCUT2D eigenvalue weighted by molar-refractivity contribution is 6.28. The minimum absolute atomic E-state index is 0.219. The molecule has 7 rings (SSSR count). The van der Waals surface area contributed by atoms with Gasteiger partial charge in [0.25, 0.3) is 5.91 Å². The third-order valence-electron chi connectivity index (χ3n) is 8.27. The quantitative estimate of drug-likeness (QED) is 0.413. The van der Waals surface area contributed by atoms with Crippen molar-refractivity contribution in [3.63, 3.8) is 0 Å². The Morgan fingerprint density at radius 1 is 0.943 bits per heavy atom. The molecule has 2 unspecified atom stereocenters. The summed E-state index contributed by atoms with van der Waals surface area (Å²) in [6.45, 7) is 1.55. The van der Waals surface area contributed by atoms with E-state index in [4.69, 9.17) is 16.3 Å². The van der Waals surface area contributed by atoms with Crippen LogP contribution in [0.4, 0.5) is 5.69 Å². The first-order valence-electron chi connectivity index (χ1n) is 12.2. The average Bonchev–Trinajstić information content (AvgIpc) is 2.81. The largest absolute Gasteiger partial charge is 0.452 e. The van der Waals surface area contributed by atoms with Gasteiger partial charge in [0, 0.05) is 32.8 Å². The van der Waals surface area contributed by atoms with Crippen LogP contribution in [0.1, 0.15) is 77.3 Å². The highest BCUT2D eigenvalue weighted by Gasteiger charge is 2.61. The molecule has 1 N–H and O–H groups in total. The normalized spacial score (nSPS) is 30.9. The zero-order valence-corrected chi connectivity index (χ0v) is 20.2. The first kappa shape index (κ1) is 22.5. The molecule has 0 spiro atoms. The van der Waals surface area contributed by atoms with Crippen molar-refractivity contribution in [1.82, 2.24) is 0 Å². The standard InChI is InChI=1S/C28H26ClNO5/c1-15(35-26(34)27-10-16-8-17(11-27)13-28(29,12-16)14-27)25(33)30-18-6-7-21-22(9-18)24(32)20-5-3-2-4-19(20)23(21)31/h2-7,9,15-17H,8,10-14H2,1H3,(H,30,33)/t15-,16-,17+,27?,28?/m0/s1. The summed E-state index contributed by atoms with van der Waals surface area (Å²) in [5, 5.41) is 2.73. The third kappa shape index (κ3) is 3.61. The highest BCUT2D eigenvalue weighted by atomic mass is 35.5. The average molecular weight is 492 g/mol. The van der Waals surface area contributed by atoms with E-state index < -0.39 is 17.4 Å². The number of esters is 1. The number of carbonyl (C=O) groups excluding carboxylic acids is 4. The van der Waals surface area contributed by atoms with Crippen molar-refractivity contribution in [3.05, 3.63) is 64.7 Å². The van der Waals surface area contributed by atoms with Crippen LogP contribution >= 0.6 is 11.6 Å². The summed E-state index contributed by atoms with van der Waals surface area (Å²) in [5.74, 6) is -0.399. The van der Waals surface area contributed by atoms with E-state index in [1.807, 2.05) is 0 Å². The molecule has 5 aliphatic carbocycles. The molecule has 1 amide bonds. The number of halogens is 1. The summed E-state index contributed by atoms with van der Waals surface area (Å²) < 4.78 is 5.68. The SMILES string of the molecule is C[C@H](OC(=O)C12C[C@@H]3C[C@@H](CC(Cl)(C3)C1)C2)C(=O)Nc1ccc2c(c1)C(=O)c1ccccc1C2=O. The summed E-state index contributed by atoms with van der Waals surface area (Å²) in [5.41, 5.74) is 1.06. The molecule has 180 valence electrons. The van der Waals surface area contributed by atoms with Crippen LogP contribution in [0.15, 0.2) is 42.5 Å². The van der Waals surface area contributed by atoms with Gasteiger partial charge in [-0.15, -0.1) is 11.6 Å². The number of anilines is 1. The van der Waals surface area contributed by atoms with E-state index in [9.17, 15) is 19.2 Å². The topological polar surface area (TPSA) is 89.5 Å². The van der Waals surface area contributed by atoms with Crippen LogP contribution in [0.5, 0.6) is 0 Å². The van der Waals surface area contributed by atoms with Gasteiger partial charge in [-0.2, -0.15) is 0 Å². The molecule has 0 heterocycles. The van der Waals surface area contributed by atoms with Gasteiger partial charge in [-0.1, -0.05) is 24.3 Å². The molecule has 4 saturated carbocycles. The van der Waals surface area contributed by atoms with E-state index in [1.165, 1.54) is 6.07 Å². The second-order valence-electron chi connectivity index (χ2n) is 10.9. The van der Waals surface area contributed by atoms with Crippen LogP contribution < -0.4 is 5.32 Å². The lowest BCUT2D eigenvalue weighted by Gasteiger charge is -2.58. The monoisotopic (exact) mass is 491 g/mol. The maximum absolute atomic E-state index is 13.3. The minimum Gasteiger partial charge on any atom is -0.452 e. The van der Waals surface area contributed by atoms with Crippen LogP contribution in [-0.2, 0) is 14.3 Å². The summed E-state index contributed by atoms with van der Waals surface area (Å²) in [6, 6.07) is 11.3. The molecule has 4 bridgehead atoms. The molecule has 0 radical (unpaired) electrons. The fraction of sp³-hybridized carbons (Fsp3) is 0.429. The maximum Gasteiger partial charge on any atom is 0.312 e. The Hall–Kier alpha value is -2.99. The number of ether oxygens (including phenoxy) is 1. The van der Waals surface area contributed by atoms with Crippen LogP contribution in [0.2, 0.25) is 0 Å². The number of amides is 1. The first-order valence-corrected chi connectivity index (χ1v) is 12.6. The number of hydrogen-bond donors (Lipinski definition) is 1. The van der Waals surface area contributed by atoms with Crippen molar-refractivity contribution in [3.8, 4) is 0 Å². The number of fused-ring (bicyclic) bond motifs is 2. The number of nitrogens with one attached hydrogen (secondary N) is 1.